The number of aryl methyl sites for hydroxylation is 1. The van der Waals surface area contributed by atoms with E-state index in [1.54, 1.807) is 0 Å². The summed E-state index contributed by atoms with van der Waals surface area (Å²) in [6.45, 7) is 5.07. The highest BCUT2D eigenvalue weighted by Gasteiger charge is 2.00. The molecule has 0 N–H and O–H groups in total. The molecule has 0 bridgehead atoms. The summed E-state index contributed by atoms with van der Waals surface area (Å²) in [6.07, 6.45) is 1.09. The summed E-state index contributed by atoms with van der Waals surface area (Å²) in [4.78, 5) is 0. The van der Waals surface area contributed by atoms with E-state index in [-0.39, 0.29) is 0 Å². The molecular weight excluding hydrogens is 236 g/mol. The molecule has 0 radical (unpaired) electrons. The maximum atomic E-state index is 4.68. The van der Waals surface area contributed by atoms with E-state index in [1.165, 1.54) is 16.7 Å². The summed E-state index contributed by atoms with van der Waals surface area (Å²) in [5.41, 5.74) is 4.08. The topological polar surface area (TPSA) is 9.23 Å². The Balaban J connectivity index is 0.000000357. The summed E-state index contributed by atoms with van der Waals surface area (Å²) in [5.74, 6) is 0. The van der Waals surface area contributed by atoms with Crippen LogP contribution in [0.2, 0.25) is 0 Å². The molecule has 18 heavy (non-hydrogen) atoms. The summed E-state index contributed by atoms with van der Waals surface area (Å²) in [7, 11) is 0.890. The van der Waals surface area contributed by atoms with E-state index in [0.717, 1.165) is 23.5 Å². The molecule has 0 saturated carbocycles. The lowest BCUT2D eigenvalue weighted by molar-refractivity contribution is 0.375. The van der Waals surface area contributed by atoms with E-state index in [9.17, 15) is 0 Å². The van der Waals surface area contributed by atoms with E-state index < -0.39 is 0 Å². The fraction of sp³-hybridized carbons (Fsp3) is 0.250. The van der Waals surface area contributed by atoms with Crippen molar-refractivity contribution in [2.45, 2.75) is 20.3 Å². The highest BCUT2D eigenvalue weighted by atomic mass is 28.2. The predicted molar refractivity (Wildman–Crippen MR) is 82.8 cm³/mol. The fourth-order valence-electron chi connectivity index (χ4n) is 1.73. The van der Waals surface area contributed by atoms with Crippen LogP contribution in [0.15, 0.2) is 54.6 Å². The standard InChI is InChI=1S/C14H14.C2H8OSi/c1-2-12-8-6-7-11-14(12)13-9-4-3-5-10-13;1-2-3-4/h3-11H,2H2,1H3;2H2,1,4H3. The Bertz CT molecular complexity index is 438. The molecule has 0 aliphatic rings. The summed E-state index contributed by atoms with van der Waals surface area (Å²) in [5, 5.41) is 0. The quantitative estimate of drug-likeness (QED) is 0.768. The average molecular weight is 258 g/mol. The van der Waals surface area contributed by atoms with Crippen LogP contribution in [0.1, 0.15) is 19.4 Å². The zero-order valence-electron chi connectivity index (χ0n) is 11.5. The van der Waals surface area contributed by atoms with Crippen LogP contribution >= 0.6 is 0 Å². The maximum Gasteiger partial charge on any atom is 0.145 e. The van der Waals surface area contributed by atoms with Gasteiger partial charge >= 0.3 is 0 Å². The number of hydrogen-bond donors (Lipinski definition) is 0. The van der Waals surface area contributed by atoms with E-state index in [4.69, 9.17) is 0 Å². The Morgan fingerprint density at radius 1 is 0.889 bits per heavy atom. The highest BCUT2D eigenvalue weighted by Crippen LogP contribution is 2.23. The van der Waals surface area contributed by atoms with Gasteiger partial charge in [-0.25, -0.2) is 0 Å². The van der Waals surface area contributed by atoms with Gasteiger partial charge in [-0.05, 0) is 30.0 Å². The second kappa shape index (κ2) is 8.67. The maximum absolute atomic E-state index is 4.68. The predicted octanol–water partition coefficient (Wildman–Crippen LogP) is 3.22. The second-order valence-electron chi connectivity index (χ2n) is 3.95. The van der Waals surface area contributed by atoms with E-state index in [1.807, 2.05) is 6.92 Å². The molecule has 2 aromatic rings. The molecule has 2 heteroatoms. The van der Waals surface area contributed by atoms with Crippen LogP contribution in [-0.2, 0) is 10.8 Å². The lowest BCUT2D eigenvalue weighted by Gasteiger charge is -2.06. The average Bonchev–Trinajstić information content (AvgIpc) is 2.48. The lowest BCUT2D eigenvalue weighted by atomic mass is 9.98. The van der Waals surface area contributed by atoms with Gasteiger partial charge in [-0.1, -0.05) is 61.5 Å². The van der Waals surface area contributed by atoms with Crippen LogP contribution in [0.5, 0.6) is 0 Å². The molecule has 0 spiro atoms. The fourth-order valence-corrected chi connectivity index (χ4v) is 1.73. The van der Waals surface area contributed by atoms with Crippen molar-refractivity contribution >= 4 is 10.5 Å². The van der Waals surface area contributed by atoms with Gasteiger partial charge in [0.1, 0.15) is 10.5 Å². The molecule has 0 amide bonds. The smallest absolute Gasteiger partial charge is 0.145 e. The SMILES string of the molecule is CCO[SiH3].CCc1ccccc1-c1ccccc1. The van der Waals surface area contributed by atoms with Crippen molar-refractivity contribution in [3.05, 3.63) is 60.2 Å². The number of rotatable bonds is 3. The molecule has 0 atom stereocenters. The molecule has 2 aromatic carbocycles. The van der Waals surface area contributed by atoms with Gasteiger partial charge in [0.2, 0.25) is 0 Å². The lowest BCUT2D eigenvalue weighted by Crippen LogP contribution is -1.85. The third-order valence-electron chi connectivity index (χ3n) is 2.77. The zero-order chi connectivity index (χ0) is 13.2. The van der Waals surface area contributed by atoms with Gasteiger partial charge in [-0.15, -0.1) is 0 Å². The van der Waals surface area contributed by atoms with Crippen LogP contribution in [0.25, 0.3) is 11.1 Å². The minimum atomic E-state index is 0.881. The van der Waals surface area contributed by atoms with Gasteiger partial charge in [-0.3, -0.25) is 0 Å². The van der Waals surface area contributed by atoms with E-state index >= 15 is 0 Å². The van der Waals surface area contributed by atoms with Gasteiger partial charge < -0.3 is 4.43 Å². The largest absolute Gasteiger partial charge is 0.428 e. The minimum Gasteiger partial charge on any atom is -0.428 e. The molecule has 0 fully saturated rings. The molecule has 1 nitrogen and oxygen atoms in total. The van der Waals surface area contributed by atoms with Gasteiger partial charge in [0.15, 0.2) is 0 Å². The minimum absolute atomic E-state index is 0.881. The first-order valence-electron chi connectivity index (χ1n) is 6.45. The Morgan fingerprint density at radius 3 is 2.00 bits per heavy atom. The van der Waals surface area contributed by atoms with Crippen LogP contribution < -0.4 is 0 Å². The zero-order valence-corrected chi connectivity index (χ0v) is 13.5. The number of benzene rings is 2. The summed E-state index contributed by atoms with van der Waals surface area (Å²) < 4.78 is 4.68. The molecule has 0 heterocycles. The van der Waals surface area contributed by atoms with Crippen molar-refractivity contribution < 1.29 is 4.43 Å². The third kappa shape index (κ3) is 4.47. The molecule has 96 valence electrons. The van der Waals surface area contributed by atoms with Crippen molar-refractivity contribution in [3.8, 4) is 11.1 Å². The Kier molecular flexibility index (Phi) is 7.07. The molecule has 2 rings (SSSR count). The van der Waals surface area contributed by atoms with Crippen molar-refractivity contribution in [1.82, 2.24) is 0 Å². The third-order valence-corrected chi connectivity index (χ3v) is 3.35. The van der Waals surface area contributed by atoms with Crippen LogP contribution in [-0.4, -0.2) is 17.1 Å². The van der Waals surface area contributed by atoms with E-state index in [2.05, 4.69) is 65.9 Å². The Labute approximate surface area is 113 Å². The first-order chi connectivity index (χ1) is 8.83. The molecule has 0 unspecified atom stereocenters. The molecule has 0 saturated heterocycles. The van der Waals surface area contributed by atoms with Crippen molar-refractivity contribution in [3.63, 3.8) is 0 Å². The first kappa shape index (κ1) is 14.7. The van der Waals surface area contributed by atoms with E-state index in [0.29, 0.717) is 0 Å². The van der Waals surface area contributed by atoms with Crippen LogP contribution in [0.4, 0.5) is 0 Å². The summed E-state index contributed by atoms with van der Waals surface area (Å²) in [6, 6.07) is 19.1. The van der Waals surface area contributed by atoms with Gasteiger partial charge in [0.05, 0.1) is 0 Å². The second-order valence-corrected chi connectivity index (χ2v) is 4.53. The molecule has 0 aromatic heterocycles. The molecule has 0 aliphatic heterocycles. The van der Waals surface area contributed by atoms with Crippen molar-refractivity contribution in [2.24, 2.45) is 0 Å². The summed E-state index contributed by atoms with van der Waals surface area (Å²) >= 11 is 0. The van der Waals surface area contributed by atoms with Gasteiger partial charge in [0.25, 0.3) is 0 Å². The van der Waals surface area contributed by atoms with Gasteiger partial charge in [0, 0.05) is 6.61 Å². The first-order valence-corrected chi connectivity index (χ1v) is 7.27. The van der Waals surface area contributed by atoms with Crippen LogP contribution in [0.3, 0.4) is 0 Å². The monoisotopic (exact) mass is 258 g/mol. The van der Waals surface area contributed by atoms with Crippen LogP contribution in [0, 0.1) is 0 Å². The molecule has 0 aliphatic carbocycles. The van der Waals surface area contributed by atoms with Crippen molar-refractivity contribution in [1.29, 1.82) is 0 Å². The normalized spacial score (nSPS) is 9.67. The van der Waals surface area contributed by atoms with Crippen molar-refractivity contribution in [2.75, 3.05) is 6.61 Å². The highest BCUT2D eigenvalue weighted by molar-refractivity contribution is 5.97. The molecular formula is C16H22OSi. The Hall–Kier alpha value is -1.38. The van der Waals surface area contributed by atoms with Gasteiger partial charge in [-0.2, -0.15) is 0 Å². The number of hydrogen-bond acceptors (Lipinski definition) is 1. The Morgan fingerprint density at radius 2 is 1.44 bits per heavy atom.